The third-order valence-electron chi connectivity index (χ3n) is 3.68. The van der Waals surface area contributed by atoms with Crippen LogP contribution in [-0.4, -0.2) is 17.0 Å². The van der Waals surface area contributed by atoms with Crippen LogP contribution in [0.25, 0.3) is 0 Å². The summed E-state index contributed by atoms with van der Waals surface area (Å²) >= 11 is 1.91. The van der Waals surface area contributed by atoms with E-state index in [0.29, 0.717) is 5.25 Å². The summed E-state index contributed by atoms with van der Waals surface area (Å²) in [6.45, 7) is 9.96. The molecule has 20 heavy (non-hydrogen) atoms. The Labute approximate surface area is 127 Å². The molecular weight excluding hydrogens is 264 g/mol. The molecule has 1 atom stereocenters. The Morgan fingerprint density at radius 3 is 2.45 bits per heavy atom. The van der Waals surface area contributed by atoms with Gasteiger partial charge in [-0.1, -0.05) is 57.7 Å². The molecule has 1 heterocycles. The highest BCUT2D eigenvalue weighted by atomic mass is 32.2. The molecule has 0 saturated carbocycles. The molecule has 0 amide bonds. The van der Waals surface area contributed by atoms with Crippen LogP contribution in [0.15, 0.2) is 23.2 Å². The molecule has 3 heteroatoms. The lowest BCUT2D eigenvalue weighted by Gasteiger charge is -2.16. The fourth-order valence-corrected chi connectivity index (χ4v) is 3.90. The maximum absolute atomic E-state index is 4.68. The molecule has 2 nitrogen and oxygen atoms in total. The van der Waals surface area contributed by atoms with Gasteiger partial charge in [-0.15, -0.1) is 0 Å². The first-order valence-corrected chi connectivity index (χ1v) is 8.60. The zero-order valence-corrected chi connectivity index (χ0v) is 13.9. The second-order valence-corrected chi connectivity index (χ2v) is 7.09. The van der Waals surface area contributed by atoms with Crippen molar-refractivity contribution in [3.05, 3.63) is 29.3 Å². The minimum Gasteiger partial charge on any atom is -0.335 e. The normalized spacial score (nSPS) is 18.4. The smallest absolute Gasteiger partial charge is 0.161 e. The van der Waals surface area contributed by atoms with Gasteiger partial charge in [-0.3, -0.25) is 4.99 Å². The van der Waals surface area contributed by atoms with Crippen molar-refractivity contribution in [2.24, 2.45) is 10.9 Å². The SMILES string of the molecule is CCc1cccc(CC)c1NC1=NCC(CC(C)C)S1. The van der Waals surface area contributed by atoms with Crippen LogP contribution >= 0.6 is 11.8 Å². The maximum Gasteiger partial charge on any atom is 0.161 e. The number of amidine groups is 1. The number of rotatable bonds is 5. The Morgan fingerprint density at radius 2 is 1.90 bits per heavy atom. The van der Waals surface area contributed by atoms with E-state index in [1.807, 2.05) is 11.8 Å². The van der Waals surface area contributed by atoms with Gasteiger partial charge < -0.3 is 5.32 Å². The Hall–Kier alpha value is -0.960. The summed E-state index contributed by atoms with van der Waals surface area (Å²) in [6.07, 6.45) is 3.36. The first-order valence-electron chi connectivity index (χ1n) is 7.72. The second kappa shape index (κ2) is 7.16. The molecule has 0 bridgehead atoms. The van der Waals surface area contributed by atoms with Crippen LogP contribution in [0.3, 0.4) is 0 Å². The van der Waals surface area contributed by atoms with Crippen molar-refractivity contribution in [2.75, 3.05) is 11.9 Å². The number of nitrogens with zero attached hydrogens (tertiary/aromatic N) is 1. The van der Waals surface area contributed by atoms with Crippen LogP contribution in [0.5, 0.6) is 0 Å². The average Bonchev–Trinajstić information content (AvgIpc) is 2.85. The second-order valence-electron chi connectivity index (χ2n) is 5.80. The molecule has 1 aliphatic rings. The van der Waals surface area contributed by atoms with Crippen molar-refractivity contribution < 1.29 is 0 Å². The standard InChI is InChI=1S/C17H26N2S/c1-5-13-8-7-9-14(6-2)16(13)19-17-18-11-15(20-17)10-12(3)4/h7-9,12,15H,5-6,10-11H2,1-4H3,(H,18,19). The number of nitrogens with one attached hydrogen (secondary N) is 1. The van der Waals surface area contributed by atoms with Gasteiger partial charge in [0, 0.05) is 10.9 Å². The van der Waals surface area contributed by atoms with Crippen molar-refractivity contribution >= 4 is 22.6 Å². The molecule has 0 radical (unpaired) electrons. The summed E-state index contributed by atoms with van der Waals surface area (Å²) in [4.78, 5) is 4.68. The number of benzene rings is 1. The van der Waals surface area contributed by atoms with Gasteiger partial charge in [0.1, 0.15) is 0 Å². The maximum atomic E-state index is 4.68. The van der Waals surface area contributed by atoms with Crippen LogP contribution in [0.4, 0.5) is 5.69 Å². The molecule has 1 aromatic rings. The highest BCUT2D eigenvalue weighted by Gasteiger charge is 2.21. The van der Waals surface area contributed by atoms with Crippen molar-refractivity contribution in [3.8, 4) is 0 Å². The lowest BCUT2D eigenvalue weighted by Crippen LogP contribution is -2.12. The average molecular weight is 290 g/mol. The van der Waals surface area contributed by atoms with Crippen molar-refractivity contribution in [2.45, 2.75) is 52.2 Å². The van der Waals surface area contributed by atoms with Crippen LogP contribution in [0.2, 0.25) is 0 Å². The van der Waals surface area contributed by atoms with Gasteiger partial charge in [-0.2, -0.15) is 0 Å². The molecule has 1 unspecified atom stereocenters. The molecule has 1 N–H and O–H groups in total. The summed E-state index contributed by atoms with van der Waals surface area (Å²) < 4.78 is 0. The molecule has 110 valence electrons. The fourth-order valence-electron chi connectivity index (χ4n) is 2.64. The van der Waals surface area contributed by atoms with Crippen LogP contribution in [-0.2, 0) is 12.8 Å². The Balaban J connectivity index is 2.08. The fraction of sp³-hybridized carbons (Fsp3) is 0.588. The first-order chi connectivity index (χ1) is 9.63. The van der Waals surface area contributed by atoms with Crippen LogP contribution in [0.1, 0.15) is 45.2 Å². The predicted octanol–water partition coefficient (Wildman–Crippen LogP) is 4.74. The van der Waals surface area contributed by atoms with E-state index in [9.17, 15) is 0 Å². The zero-order chi connectivity index (χ0) is 14.5. The lowest BCUT2D eigenvalue weighted by atomic mass is 10.0. The monoisotopic (exact) mass is 290 g/mol. The van der Waals surface area contributed by atoms with E-state index in [2.05, 4.69) is 56.2 Å². The number of anilines is 1. The van der Waals surface area contributed by atoms with Gasteiger partial charge >= 0.3 is 0 Å². The van der Waals surface area contributed by atoms with Gasteiger partial charge in [0.15, 0.2) is 5.17 Å². The number of thioether (sulfide) groups is 1. The van der Waals surface area contributed by atoms with E-state index < -0.39 is 0 Å². The van der Waals surface area contributed by atoms with Gasteiger partial charge in [0.25, 0.3) is 0 Å². The summed E-state index contributed by atoms with van der Waals surface area (Å²) in [5.41, 5.74) is 4.06. The van der Waals surface area contributed by atoms with Crippen molar-refractivity contribution in [1.29, 1.82) is 0 Å². The van der Waals surface area contributed by atoms with E-state index in [-0.39, 0.29) is 0 Å². The topological polar surface area (TPSA) is 24.4 Å². The summed E-state index contributed by atoms with van der Waals surface area (Å²) in [7, 11) is 0. The minimum atomic E-state index is 0.649. The molecule has 1 aliphatic heterocycles. The molecule has 0 saturated heterocycles. The van der Waals surface area contributed by atoms with Crippen molar-refractivity contribution in [3.63, 3.8) is 0 Å². The number of hydrogen-bond acceptors (Lipinski definition) is 3. The van der Waals surface area contributed by atoms with Gasteiger partial charge in [0.2, 0.25) is 0 Å². The van der Waals surface area contributed by atoms with Gasteiger partial charge in [-0.25, -0.2) is 0 Å². The Morgan fingerprint density at radius 1 is 1.25 bits per heavy atom. The first kappa shape index (κ1) is 15.4. The lowest BCUT2D eigenvalue weighted by molar-refractivity contribution is 0.575. The largest absolute Gasteiger partial charge is 0.335 e. The molecular formula is C17H26N2S. The third-order valence-corrected chi connectivity index (χ3v) is 4.81. The number of aliphatic imine (C=N–C) groups is 1. The zero-order valence-electron chi connectivity index (χ0n) is 13.1. The quantitative estimate of drug-likeness (QED) is 0.847. The van der Waals surface area contributed by atoms with Gasteiger partial charge in [0.05, 0.1) is 6.54 Å². The molecule has 0 spiro atoms. The number of para-hydroxylation sites is 1. The molecule has 2 rings (SSSR count). The molecule has 1 aromatic carbocycles. The number of hydrogen-bond donors (Lipinski definition) is 1. The summed E-state index contributed by atoms with van der Waals surface area (Å²) in [5, 5.41) is 5.35. The van der Waals surface area contributed by atoms with Crippen LogP contribution < -0.4 is 5.32 Å². The summed E-state index contributed by atoms with van der Waals surface area (Å²) in [5.74, 6) is 0.746. The Kier molecular flexibility index (Phi) is 5.53. The molecule has 0 fully saturated rings. The third kappa shape index (κ3) is 3.78. The van der Waals surface area contributed by atoms with E-state index >= 15 is 0 Å². The van der Waals surface area contributed by atoms with E-state index in [1.54, 1.807) is 0 Å². The molecule has 0 aliphatic carbocycles. The van der Waals surface area contributed by atoms with Gasteiger partial charge in [-0.05, 0) is 36.3 Å². The predicted molar refractivity (Wildman–Crippen MR) is 92.0 cm³/mol. The van der Waals surface area contributed by atoms with E-state index in [0.717, 1.165) is 30.5 Å². The molecule has 0 aromatic heterocycles. The number of aryl methyl sites for hydroxylation is 2. The van der Waals surface area contributed by atoms with E-state index in [1.165, 1.54) is 23.2 Å². The van der Waals surface area contributed by atoms with E-state index in [4.69, 9.17) is 0 Å². The van der Waals surface area contributed by atoms with Crippen molar-refractivity contribution in [1.82, 2.24) is 0 Å². The summed E-state index contributed by atoms with van der Waals surface area (Å²) in [6, 6.07) is 6.59. The minimum absolute atomic E-state index is 0.649. The Bertz CT molecular complexity index is 458. The van der Waals surface area contributed by atoms with Crippen LogP contribution in [0, 0.1) is 5.92 Å². The highest BCUT2D eigenvalue weighted by molar-refractivity contribution is 8.15. The highest BCUT2D eigenvalue weighted by Crippen LogP contribution is 2.30.